The molecule has 0 saturated carbocycles. The van der Waals surface area contributed by atoms with Crippen LogP contribution >= 0.6 is 0 Å². The maximum absolute atomic E-state index is 13.2. The van der Waals surface area contributed by atoms with Crippen molar-refractivity contribution in [3.8, 4) is 33.9 Å². The zero-order valence-corrected chi connectivity index (χ0v) is 24.6. The summed E-state index contributed by atoms with van der Waals surface area (Å²) in [5.41, 5.74) is 6.02. The maximum atomic E-state index is 13.2. The first-order chi connectivity index (χ1) is 20.1. The number of benzene rings is 3. The molecule has 3 aromatic carbocycles. The van der Waals surface area contributed by atoms with Crippen molar-refractivity contribution in [3.63, 3.8) is 0 Å². The molecule has 214 valence electrons. The highest BCUT2D eigenvalue weighted by molar-refractivity contribution is 6.09. The number of H-pyrrole nitrogens is 1. The van der Waals surface area contributed by atoms with E-state index in [0.29, 0.717) is 18.1 Å². The molecule has 0 bridgehead atoms. The normalized spacial score (nSPS) is 13.7. The summed E-state index contributed by atoms with van der Waals surface area (Å²) < 4.78 is 17.9. The fourth-order valence-electron chi connectivity index (χ4n) is 5.91. The molecule has 0 unspecified atom stereocenters. The molecule has 8 heteroatoms. The van der Waals surface area contributed by atoms with Crippen molar-refractivity contribution >= 4 is 27.5 Å². The van der Waals surface area contributed by atoms with E-state index in [9.17, 15) is 9.59 Å². The Kier molecular flexibility index (Phi) is 6.81. The Bertz CT molecular complexity index is 1930. The summed E-state index contributed by atoms with van der Waals surface area (Å²) in [5, 5.41) is 2.89. The first-order valence-electron chi connectivity index (χ1n) is 14.0. The maximum Gasteiger partial charge on any atom is 0.347 e. The minimum Gasteiger partial charge on any atom is -0.493 e. The molecule has 42 heavy (non-hydrogen) atoms. The number of methoxy groups -OCH3 is 1. The third-order valence-electron chi connectivity index (χ3n) is 7.62. The highest BCUT2D eigenvalue weighted by Gasteiger charge is 2.31. The number of aryl methyl sites for hydroxylation is 1. The summed E-state index contributed by atoms with van der Waals surface area (Å²) in [7, 11) is 1.51. The molecule has 1 atom stereocenters. The zero-order chi connectivity index (χ0) is 29.8. The van der Waals surface area contributed by atoms with Gasteiger partial charge in [0.2, 0.25) is 5.88 Å². The molecule has 0 spiro atoms. The van der Waals surface area contributed by atoms with Crippen molar-refractivity contribution < 1.29 is 19.0 Å². The van der Waals surface area contributed by atoms with E-state index >= 15 is 0 Å². The van der Waals surface area contributed by atoms with Crippen LogP contribution in [-0.2, 0) is 16.0 Å². The highest BCUT2D eigenvalue weighted by atomic mass is 16.5. The van der Waals surface area contributed by atoms with Gasteiger partial charge >= 0.3 is 5.69 Å². The Morgan fingerprint density at radius 3 is 2.62 bits per heavy atom. The second-order valence-corrected chi connectivity index (χ2v) is 11.7. The fourth-order valence-corrected chi connectivity index (χ4v) is 5.91. The van der Waals surface area contributed by atoms with Gasteiger partial charge in [0.1, 0.15) is 11.9 Å². The largest absolute Gasteiger partial charge is 0.493 e. The molecule has 1 N–H and O–H groups in total. The number of nitrogens with zero attached hydrogens (tertiary/aromatic N) is 2. The van der Waals surface area contributed by atoms with Crippen molar-refractivity contribution in [1.82, 2.24) is 15.0 Å². The number of aromatic amines is 1. The van der Waals surface area contributed by atoms with E-state index in [1.165, 1.54) is 18.9 Å². The van der Waals surface area contributed by atoms with Crippen LogP contribution in [0.5, 0.6) is 11.6 Å². The van der Waals surface area contributed by atoms with Gasteiger partial charge in [0.05, 0.1) is 30.4 Å². The monoisotopic (exact) mass is 563 g/mol. The van der Waals surface area contributed by atoms with Crippen molar-refractivity contribution in [2.75, 3.05) is 13.7 Å². The summed E-state index contributed by atoms with van der Waals surface area (Å²) in [6.07, 6.45) is 3.38. The highest BCUT2D eigenvalue weighted by Crippen LogP contribution is 2.46. The molecular weight excluding hydrogens is 530 g/mol. The van der Waals surface area contributed by atoms with Crippen molar-refractivity contribution in [2.45, 2.75) is 52.7 Å². The molecule has 6 rings (SSSR count). The smallest absolute Gasteiger partial charge is 0.347 e. The molecule has 2 aromatic heterocycles. The molecule has 5 aromatic rings. The lowest BCUT2D eigenvalue weighted by Gasteiger charge is -2.30. The molecule has 0 radical (unpaired) electrons. The number of aromatic nitrogens is 3. The third-order valence-corrected chi connectivity index (χ3v) is 7.62. The Labute approximate surface area is 243 Å². The van der Waals surface area contributed by atoms with Gasteiger partial charge in [-0.1, -0.05) is 18.2 Å². The van der Waals surface area contributed by atoms with Crippen molar-refractivity contribution in [3.05, 3.63) is 82.0 Å². The number of carbonyl (C=O) groups excluding carboxylic acids is 1. The van der Waals surface area contributed by atoms with Gasteiger partial charge in [-0.25, -0.2) is 9.78 Å². The topological polar surface area (TPSA) is 103 Å². The lowest BCUT2D eigenvalue weighted by molar-refractivity contribution is -0.138. The van der Waals surface area contributed by atoms with Gasteiger partial charge in [0.15, 0.2) is 5.78 Å². The van der Waals surface area contributed by atoms with E-state index in [4.69, 9.17) is 19.2 Å². The van der Waals surface area contributed by atoms with Gasteiger partial charge in [0, 0.05) is 29.8 Å². The number of hydrogen-bond donors (Lipinski definition) is 1. The quantitative estimate of drug-likeness (QED) is 0.251. The molecule has 0 fully saturated rings. The number of ether oxygens (including phenoxy) is 3. The lowest BCUT2D eigenvalue weighted by atomic mass is 9.84. The average molecular weight is 564 g/mol. The first kappa shape index (κ1) is 27.6. The SMILES string of the molecule is COc1[nH]c(=O)ncc1-c1ccc2c(-c3ccc4c5c(ccnc35)CCO4)c([C@H](OC(C)(C)C)C(C)=O)c(C)cc2c1. The Balaban J connectivity index is 1.69. The zero-order valence-electron chi connectivity index (χ0n) is 24.6. The van der Waals surface area contributed by atoms with Crippen molar-refractivity contribution in [2.24, 2.45) is 0 Å². The molecular formula is C34H33N3O5. The van der Waals surface area contributed by atoms with E-state index in [-0.39, 0.29) is 5.78 Å². The van der Waals surface area contributed by atoms with Gasteiger partial charge in [-0.15, -0.1) is 0 Å². The molecule has 0 amide bonds. The van der Waals surface area contributed by atoms with Gasteiger partial charge < -0.3 is 14.2 Å². The molecule has 3 heterocycles. The Hall–Kier alpha value is -4.56. The van der Waals surface area contributed by atoms with E-state index in [1.807, 2.05) is 70.3 Å². The second-order valence-electron chi connectivity index (χ2n) is 11.7. The molecule has 0 aliphatic carbocycles. The van der Waals surface area contributed by atoms with E-state index in [1.54, 1.807) is 6.92 Å². The van der Waals surface area contributed by atoms with E-state index < -0.39 is 17.4 Å². The van der Waals surface area contributed by atoms with Crippen LogP contribution in [0.15, 0.2) is 59.7 Å². The van der Waals surface area contributed by atoms with Crippen LogP contribution in [0.1, 0.15) is 50.5 Å². The summed E-state index contributed by atoms with van der Waals surface area (Å²) in [6.45, 7) is 10.1. The van der Waals surface area contributed by atoms with Crippen LogP contribution in [-0.4, -0.2) is 40.1 Å². The molecule has 1 aliphatic heterocycles. The number of carbonyl (C=O) groups is 1. The Morgan fingerprint density at radius 1 is 1.07 bits per heavy atom. The van der Waals surface area contributed by atoms with E-state index in [2.05, 4.69) is 16.0 Å². The first-order valence-corrected chi connectivity index (χ1v) is 14.0. The van der Waals surface area contributed by atoms with Crippen LogP contribution in [0.2, 0.25) is 0 Å². The number of Topliss-reactive ketones (excluding diaryl/α,β-unsaturated/α-hetero) is 1. The van der Waals surface area contributed by atoms with Crippen LogP contribution in [0.4, 0.5) is 0 Å². The number of nitrogens with one attached hydrogen (secondary N) is 1. The van der Waals surface area contributed by atoms with Crippen LogP contribution in [0.25, 0.3) is 43.9 Å². The van der Waals surface area contributed by atoms with Crippen LogP contribution in [0.3, 0.4) is 0 Å². The van der Waals surface area contributed by atoms with Gasteiger partial charge in [-0.2, -0.15) is 0 Å². The molecule has 1 aliphatic rings. The van der Waals surface area contributed by atoms with Crippen LogP contribution in [0, 0.1) is 6.92 Å². The molecule has 8 nitrogen and oxygen atoms in total. The summed E-state index contributed by atoms with van der Waals surface area (Å²) in [5.74, 6) is 1.08. The number of ketones is 1. The Morgan fingerprint density at radius 2 is 1.88 bits per heavy atom. The van der Waals surface area contributed by atoms with Gasteiger partial charge in [-0.05, 0) is 97.5 Å². The average Bonchev–Trinajstić information content (AvgIpc) is 2.95. The third kappa shape index (κ3) is 4.81. The fraction of sp³-hybridized carbons (Fsp3) is 0.294. The second kappa shape index (κ2) is 10.4. The minimum absolute atomic E-state index is 0.0756. The lowest BCUT2D eigenvalue weighted by Crippen LogP contribution is -2.27. The van der Waals surface area contributed by atoms with Crippen molar-refractivity contribution in [1.29, 1.82) is 0 Å². The predicted molar refractivity (Wildman–Crippen MR) is 163 cm³/mol. The predicted octanol–water partition coefficient (Wildman–Crippen LogP) is 6.50. The molecule has 0 saturated heterocycles. The summed E-state index contributed by atoms with van der Waals surface area (Å²) in [4.78, 5) is 36.5. The number of rotatable bonds is 6. The van der Waals surface area contributed by atoms with Gasteiger partial charge in [-0.3, -0.25) is 14.8 Å². The standard InChI is InChI=1S/C34H33N3O5/c1-18-15-22-16-21(25-17-36-33(39)37-32(25)40-6)7-8-23(22)29(27(18)31(19(2)38)42-34(3,4)5)24-9-10-26-28-20(12-14-41-26)11-13-35-30(24)28/h7-11,13,15-17,31H,12,14H2,1-6H3,(H,36,37,39)/t31-/m1/s1. The summed E-state index contributed by atoms with van der Waals surface area (Å²) in [6, 6.07) is 14.2. The minimum atomic E-state index is -0.783. The summed E-state index contributed by atoms with van der Waals surface area (Å²) >= 11 is 0. The number of pyridine rings is 1. The number of fused-ring (bicyclic) bond motifs is 1. The van der Waals surface area contributed by atoms with Crippen LogP contribution < -0.4 is 15.2 Å². The number of hydrogen-bond acceptors (Lipinski definition) is 7. The van der Waals surface area contributed by atoms with E-state index in [0.717, 1.165) is 61.7 Å². The van der Waals surface area contributed by atoms with Gasteiger partial charge in [0.25, 0.3) is 0 Å².